The third kappa shape index (κ3) is 18.0. The second kappa shape index (κ2) is 20.7. The minimum atomic E-state index is 0.742. The summed E-state index contributed by atoms with van der Waals surface area (Å²) in [6, 6.07) is 2.26. The molecule has 224 valence electrons. The van der Waals surface area contributed by atoms with Gasteiger partial charge in [-0.25, -0.2) is 0 Å². The van der Waals surface area contributed by atoms with Gasteiger partial charge in [-0.05, 0) is 142 Å². The van der Waals surface area contributed by atoms with E-state index in [4.69, 9.17) is 0 Å². The summed E-state index contributed by atoms with van der Waals surface area (Å²) < 4.78 is 0. The van der Waals surface area contributed by atoms with Crippen LogP contribution in [0.25, 0.3) is 0 Å². The van der Waals surface area contributed by atoms with E-state index in [9.17, 15) is 0 Å². The predicted octanol–water partition coefficient (Wildman–Crippen LogP) is 9.07. The predicted molar refractivity (Wildman–Crippen MR) is 170 cm³/mol. The van der Waals surface area contributed by atoms with Gasteiger partial charge in [0.1, 0.15) is 0 Å². The number of rotatable bonds is 5. The SMILES string of the molecule is CC(C)C.CC(C)C1CCCN(C(C)C)C1.CC(C)C1CCN(C(C)C)CC1.CC(C)N1CCCCC1. The van der Waals surface area contributed by atoms with Crippen LogP contribution in [0.1, 0.15) is 135 Å². The van der Waals surface area contributed by atoms with Gasteiger partial charge < -0.3 is 14.7 Å². The topological polar surface area (TPSA) is 9.72 Å². The van der Waals surface area contributed by atoms with Crippen LogP contribution in [0.4, 0.5) is 0 Å². The molecule has 0 amide bonds. The molecule has 0 bridgehead atoms. The first kappa shape index (κ1) is 36.9. The van der Waals surface area contributed by atoms with Gasteiger partial charge in [-0.3, -0.25) is 0 Å². The first-order chi connectivity index (χ1) is 17.3. The summed E-state index contributed by atoms with van der Waals surface area (Å²) in [4.78, 5) is 7.77. The van der Waals surface area contributed by atoms with Gasteiger partial charge in [0.15, 0.2) is 0 Å². The van der Waals surface area contributed by atoms with E-state index < -0.39 is 0 Å². The van der Waals surface area contributed by atoms with Gasteiger partial charge in [0.05, 0.1) is 0 Å². The minimum absolute atomic E-state index is 0.742. The molecule has 3 aliphatic heterocycles. The molecule has 1 atom stereocenters. The first-order valence-electron chi connectivity index (χ1n) is 16.5. The molecule has 37 heavy (non-hydrogen) atoms. The van der Waals surface area contributed by atoms with Crippen molar-refractivity contribution < 1.29 is 0 Å². The summed E-state index contributed by atoms with van der Waals surface area (Å²) in [5.41, 5.74) is 0. The highest BCUT2D eigenvalue weighted by molar-refractivity contribution is 4.77. The molecule has 0 radical (unpaired) electrons. The Kier molecular flexibility index (Phi) is 20.7. The number of likely N-dealkylation sites (tertiary alicyclic amines) is 3. The lowest BCUT2D eigenvalue weighted by Gasteiger charge is -2.37. The van der Waals surface area contributed by atoms with Crippen molar-refractivity contribution in [2.45, 2.75) is 153 Å². The van der Waals surface area contributed by atoms with Crippen LogP contribution >= 0.6 is 0 Å². The fourth-order valence-electron chi connectivity index (χ4n) is 5.59. The molecule has 0 aliphatic carbocycles. The quantitative estimate of drug-likeness (QED) is 0.356. The Morgan fingerprint density at radius 1 is 0.405 bits per heavy atom. The Labute approximate surface area is 236 Å². The molecule has 3 rings (SSSR count). The molecule has 0 spiro atoms. The van der Waals surface area contributed by atoms with Crippen LogP contribution < -0.4 is 0 Å². The minimum Gasteiger partial charge on any atom is -0.301 e. The van der Waals surface area contributed by atoms with Gasteiger partial charge in [0, 0.05) is 24.7 Å². The second-order valence-corrected chi connectivity index (χ2v) is 14.4. The third-order valence-corrected chi connectivity index (χ3v) is 8.53. The maximum Gasteiger partial charge on any atom is 0.00387 e. The lowest BCUT2D eigenvalue weighted by atomic mass is 9.86. The van der Waals surface area contributed by atoms with Gasteiger partial charge in [-0.2, -0.15) is 0 Å². The Balaban J connectivity index is 0.000000494. The maximum absolute atomic E-state index is 2.62. The van der Waals surface area contributed by atoms with Crippen LogP contribution in [0.15, 0.2) is 0 Å². The molecule has 0 aromatic carbocycles. The maximum atomic E-state index is 2.62. The Hall–Kier alpha value is -0.120. The zero-order valence-corrected chi connectivity index (χ0v) is 28.2. The van der Waals surface area contributed by atoms with E-state index in [-0.39, 0.29) is 0 Å². The van der Waals surface area contributed by atoms with Crippen molar-refractivity contribution in [1.29, 1.82) is 0 Å². The van der Waals surface area contributed by atoms with Crippen molar-refractivity contribution in [2.75, 3.05) is 39.3 Å². The van der Waals surface area contributed by atoms with E-state index in [2.05, 4.69) is 105 Å². The molecular formula is C34H73N3. The van der Waals surface area contributed by atoms with E-state index in [1.165, 1.54) is 84.2 Å². The van der Waals surface area contributed by atoms with E-state index in [1.54, 1.807) is 0 Å². The standard InChI is InChI=1S/2C11H23N.C8H17N.C4H10/c1-9(2)11-5-7-12(8-6-11)10(3)4;1-9(2)11-6-5-7-12(8-11)10(3)4;1-8(2)9-6-4-3-5-7-9;1-4(2)3/h2*9-11H,5-8H2,1-4H3;8H,3-7H2,1-2H3;4H,1-3H3. The molecule has 0 saturated carbocycles. The highest BCUT2D eigenvalue weighted by atomic mass is 15.2. The molecule has 3 heterocycles. The number of piperidine rings is 3. The van der Waals surface area contributed by atoms with E-state index in [1.807, 2.05) is 0 Å². The van der Waals surface area contributed by atoms with Crippen molar-refractivity contribution in [3.05, 3.63) is 0 Å². The molecule has 0 aromatic rings. The van der Waals surface area contributed by atoms with Gasteiger partial charge in [-0.1, -0.05) is 54.9 Å². The van der Waals surface area contributed by atoms with Crippen LogP contribution in [-0.2, 0) is 0 Å². The highest BCUT2D eigenvalue weighted by Crippen LogP contribution is 2.25. The summed E-state index contributed by atoms with van der Waals surface area (Å²) >= 11 is 0. The van der Waals surface area contributed by atoms with Crippen molar-refractivity contribution in [3.63, 3.8) is 0 Å². The molecule has 0 aromatic heterocycles. The Bertz CT molecular complexity index is 464. The molecule has 0 N–H and O–H groups in total. The lowest BCUT2D eigenvalue weighted by Crippen LogP contribution is -2.41. The number of hydrogen-bond donors (Lipinski definition) is 0. The molecular weight excluding hydrogens is 450 g/mol. The van der Waals surface area contributed by atoms with Gasteiger partial charge in [0.2, 0.25) is 0 Å². The average Bonchev–Trinajstić information content (AvgIpc) is 2.85. The smallest absolute Gasteiger partial charge is 0.00387 e. The van der Waals surface area contributed by atoms with Crippen molar-refractivity contribution in [2.24, 2.45) is 29.6 Å². The van der Waals surface area contributed by atoms with Crippen LogP contribution in [0.5, 0.6) is 0 Å². The van der Waals surface area contributed by atoms with Crippen molar-refractivity contribution in [3.8, 4) is 0 Å². The number of hydrogen-bond acceptors (Lipinski definition) is 3. The van der Waals surface area contributed by atoms with Crippen molar-refractivity contribution in [1.82, 2.24) is 14.7 Å². The fourth-order valence-corrected chi connectivity index (χ4v) is 5.59. The Morgan fingerprint density at radius 2 is 0.784 bits per heavy atom. The van der Waals surface area contributed by atoms with Crippen LogP contribution in [0, 0.1) is 29.6 Å². The van der Waals surface area contributed by atoms with Gasteiger partial charge in [-0.15, -0.1) is 0 Å². The van der Waals surface area contributed by atoms with Crippen LogP contribution in [0.3, 0.4) is 0 Å². The molecule has 3 heteroatoms. The monoisotopic (exact) mass is 524 g/mol. The molecule has 3 aliphatic rings. The zero-order valence-electron chi connectivity index (χ0n) is 28.2. The summed E-state index contributed by atoms with van der Waals surface area (Å²) in [5.74, 6) is 4.52. The molecule has 3 nitrogen and oxygen atoms in total. The average molecular weight is 524 g/mol. The van der Waals surface area contributed by atoms with Gasteiger partial charge >= 0.3 is 0 Å². The zero-order chi connectivity index (χ0) is 28.5. The van der Waals surface area contributed by atoms with Crippen LogP contribution in [0.2, 0.25) is 0 Å². The fraction of sp³-hybridized carbons (Fsp3) is 1.00. The largest absolute Gasteiger partial charge is 0.301 e. The van der Waals surface area contributed by atoms with E-state index in [0.717, 1.165) is 47.7 Å². The van der Waals surface area contributed by atoms with E-state index in [0.29, 0.717) is 0 Å². The summed E-state index contributed by atoms with van der Waals surface area (Å²) in [5, 5.41) is 0. The van der Waals surface area contributed by atoms with E-state index >= 15 is 0 Å². The Morgan fingerprint density at radius 3 is 1.14 bits per heavy atom. The summed E-state index contributed by atoms with van der Waals surface area (Å²) in [6.45, 7) is 37.7. The van der Waals surface area contributed by atoms with Crippen LogP contribution in [-0.4, -0.2) is 72.1 Å². The lowest BCUT2D eigenvalue weighted by molar-refractivity contribution is 0.117. The normalized spacial score (nSPS) is 22.6. The summed E-state index contributed by atoms with van der Waals surface area (Å²) in [6.07, 6.45) is 9.95. The number of nitrogens with zero attached hydrogens (tertiary/aromatic N) is 3. The second-order valence-electron chi connectivity index (χ2n) is 14.4. The third-order valence-electron chi connectivity index (χ3n) is 8.53. The summed E-state index contributed by atoms with van der Waals surface area (Å²) in [7, 11) is 0. The molecule has 3 saturated heterocycles. The van der Waals surface area contributed by atoms with Crippen molar-refractivity contribution >= 4 is 0 Å². The molecule has 1 unspecified atom stereocenters. The van der Waals surface area contributed by atoms with Gasteiger partial charge in [0.25, 0.3) is 0 Å². The highest BCUT2D eigenvalue weighted by Gasteiger charge is 2.24. The first-order valence-corrected chi connectivity index (χ1v) is 16.5. The molecule has 3 fully saturated rings.